The van der Waals surface area contributed by atoms with Crippen LogP contribution in [0.25, 0.3) is 0 Å². The van der Waals surface area contributed by atoms with Crippen LogP contribution in [0, 0.1) is 11.8 Å². The molecule has 130 valence electrons. The third kappa shape index (κ3) is 3.24. The number of amides is 3. The summed E-state index contributed by atoms with van der Waals surface area (Å²) >= 11 is 0. The molecule has 1 aromatic rings. The van der Waals surface area contributed by atoms with Crippen LogP contribution in [0.3, 0.4) is 0 Å². The van der Waals surface area contributed by atoms with Gasteiger partial charge >= 0.3 is 6.03 Å². The Bertz CT molecular complexity index is 631. The number of urea groups is 1. The van der Waals surface area contributed by atoms with Crippen LogP contribution >= 0.6 is 0 Å². The normalized spacial score (nSPS) is 22.3. The van der Waals surface area contributed by atoms with Gasteiger partial charge in [-0.05, 0) is 56.3 Å². The summed E-state index contributed by atoms with van der Waals surface area (Å²) in [5.74, 6) is 0.333. The van der Waals surface area contributed by atoms with Crippen molar-refractivity contribution < 1.29 is 9.59 Å². The van der Waals surface area contributed by atoms with Gasteiger partial charge in [-0.1, -0.05) is 12.5 Å². The standard InChI is InChI=1S/C18H26N4O2/c1-2-20-18(24)22-9-8-12-6-7-14(10-16(12)22)21-17(23)15-5-3-4-13(15)11-19/h6-7,10,13,15H,2-5,8-9,11,19H2,1H3,(H,20,24)(H,21,23)/t13-,15-/m1/s1. The average Bonchev–Trinajstić information content (AvgIpc) is 3.21. The molecule has 6 heteroatoms. The van der Waals surface area contributed by atoms with E-state index in [1.54, 1.807) is 4.90 Å². The molecule has 6 nitrogen and oxygen atoms in total. The highest BCUT2D eigenvalue weighted by molar-refractivity contribution is 5.97. The second-order valence-electron chi connectivity index (χ2n) is 6.60. The zero-order valence-electron chi connectivity index (χ0n) is 14.2. The Morgan fingerprint density at radius 2 is 2.17 bits per heavy atom. The van der Waals surface area contributed by atoms with Crippen LogP contribution < -0.4 is 21.3 Å². The summed E-state index contributed by atoms with van der Waals surface area (Å²) in [6.07, 6.45) is 3.85. The molecule has 3 amide bonds. The summed E-state index contributed by atoms with van der Waals surface area (Å²) in [5.41, 5.74) is 8.55. The van der Waals surface area contributed by atoms with E-state index in [-0.39, 0.29) is 23.8 Å². The molecule has 0 bridgehead atoms. The highest BCUT2D eigenvalue weighted by Crippen LogP contribution is 2.34. The van der Waals surface area contributed by atoms with Gasteiger partial charge in [0.1, 0.15) is 0 Å². The zero-order chi connectivity index (χ0) is 17.1. The van der Waals surface area contributed by atoms with E-state index in [9.17, 15) is 9.59 Å². The molecule has 2 atom stereocenters. The monoisotopic (exact) mass is 330 g/mol. The number of rotatable bonds is 4. The maximum atomic E-state index is 12.5. The predicted molar refractivity (Wildman–Crippen MR) is 95.1 cm³/mol. The summed E-state index contributed by atoms with van der Waals surface area (Å²) in [5, 5.41) is 5.85. The van der Waals surface area contributed by atoms with Crippen molar-refractivity contribution in [2.45, 2.75) is 32.6 Å². The van der Waals surface area contributed by atoms with Crippen molar-refractivity contribution in [1.82, 2.24) is 5.32 Å². The zero-order valence-corrected chi connectivity index (χ0v) is 14.2. The van der Waals surface area contributed by atoms with Gasteiger partial charge in [0.15, 0.2) is 0 Å². The molecule has 0 aromatic heterocycles. The van der Waals surface area contributed by atoms with Crippen LogP contribution in [0.1, 0.15) is 31.7 Å². The number of hydrogen-bond acceptors (Lipinski definition) is 3. The fourth-order valence-corrected chi connectivity index (χ4v) is 3.81. The number of carbonyl (C=O) groups is 2. The molecule has 1 fully saturated rings. The Balaban J connectivity index is 1.73. The number of nitrogens with zero attached hydrogens (tertiary/aromatic N) is 1. The molecule has 2 aliphatic rings. The van der Waals surface area contributed by atoms with Crippen LogP contribution in [-0.2, 0) is 11.2 Å². The smallest absolute Gasteiger partial charge is 0.321 e. The Kier molecular flexibility index (Phi) is 5.04. The summed E-state index contributed by atoms with van der Waals surface area (Å²) in [6, 6.07) is 5.74. The first-order valence-corrected chi connectivity index (χ1v) is 8.83. The lowest BCUT2D eigenvalue weighted by atomic mass is 9.95. The maximum absolute atomic E-state index is 12.5. The Morgan fingerprint density at radius 1 is 1.33 bits per heavy atom. The molecule has 0 saturated heterocycles. The van der Waals surface area contributed by atoms with Crippen molar-refractivity contribution in [3.8, 4) is 0 Å². The summed E-state index contributed by atoms with van der Waals surface area (Å²) in [6.45, 7) is 3.74. The number of hydrogen-bond donors (Lipinski definition) is 3. The van der Waals surface area contributed by atoms with Gasteiger partial charge in [0, 0.05) is 24.7 Å². The molecule has 1 aromatic carbocycles. The Hall–Kier alpha value is -2.08. The molecule has 1 aliphatic carbocycles. The lowest BCUT2D eigenvalue weighted by Crippen LogP contribution is -2.38. The van der Waals surface area contributed by atoms with Crippen molar-refractivity contribution in [2.75, 3.05) is 29.9 Å². The minimum Gasteiger partial charge on any atom is -0.338 e. The second-order valence-corrected chi connectivity index (χ2v) is 6.60. The summed E-state index contributed by atoms with van der Waals surface area (Å²) in [4.78, 5) is 26.4. The molecule has 0 unspecified atom stereocenters. The van der Waals surface area contributed by atoms with E-state index in [0.717, 1.165) is 42.6 Å². The van der Waals surface area contributed by atoms with Gasteiger partial charge in [0.05, 0.1) is 5.69 Å². The molecule has 1 saturated carbocycles. The van der Waals surface area contributed by atoms with Gasteiger partial charge in [0.25, 0.3) is 0 Å². The van der Waals surface area contributed by atoms with Crippen LogP contribution in [-0.4, -0.2) is 31.6 Å². The van der Waals surface area contributed by atoms with E-state index in [0.29, 0.717) is 19.6 Å². The number of nitrogens with two attached hydrogens (primary N) is 1. The summed E-state index contributed by atoms with van der Waals surface area (Å²) in [7, 11) is 0. The van der Waals surface area contributed by atoms with Crippen molar-refractivity contribution >= 4 is 23.3 Å². The first kappa shape index (κ1) is 16.8. The molecule has 1 aliphatic heterocycles. The van der Waals surface area contributed by atoms with Crippen LogP contribution in [0.5, 0.6) is 0 Å². The van der Waals surface area contributed by atoms with E-state index >= 15 is 0 Å². The molecule has 24 heavy (non-hydrogen) atoms. The number of benzene rings is 1. The molecular weight excluding hydrogens is 304 g/mol. The molecule has 1 heterocycles. The lowest BCUT2D eigenvalue weighted by molar-refractivity contribution is -0.120. The lowest BCUT2D eigenvalue weighted by Gasteiger charge is -2.20. The predicted octanol–water partition coefficient (Wildman–Crippen LogP) is 2.09. The van der Waals surface area contributed by atoms with E-state index in [4.69, 9.17) is 5.73 Å². The van der Waals surface area contributed by atoms with Gasteiger partial charge in [-0.3, -0.25) is 9.69 Å². The second kappa shape index (κ2) is 7.21. The van der Waals surface area contributed by atoms with Gasteiger partial charge < -0.3 is 16.4 Å². The Labute approximate surface area is 142 Å². The average molecular weight is 330 g/mol. The minimum atomic E-state index is -0.0845. The minimum absolute atomic E-state index is 0.00254. The van der Waals surface area contributed by atoms with Crippen LogP contribution in [0.2, 0.25) is 0 Å². The Morgan fingerprint density at radius 3 is 2.92 bits per heavy atom. The van der Waals surface area contributed by atoms with Crippen molar-refractivity contribution in [2.24, 2.45) is 17.6 Å². The van der Waals surface area contributed by atoms with Gasteiger partial charge in [-0.2, -0.15) is 0 Å². The SMILES string of the molecule is CCNC(=O)N1CCc2ccc(NC(=O)[C@@H]3CCC[C@@H]3CN)cc21. The molecule has 3 rings (SSSR count). The van der Waals surface area contributed by atoms with Crippen molar-refractivity contribution in [3.05, 3.63) is 23.8 Å². The van der Waals surface area contributed by atoms with Crippen LogP contribution in [0.4, 0.5) is 16.2 Å². The van der Waals surface area contributed by atoms with E-state index in [1.807, 2.05) is 25.1 Å². The number of anilines is 2. The number of nitrogens with one attached hydrogen (secondary N) is 2. The van der Waals surface area contributed by atoms with E-state index in [2.05, 4.69) is 10.6 Å². The van der Waals surface area contributed by atoms with Gasteiger partial charge in [-0.15, -0.1) is 0 Å². The highest BCUT2D eigenvalue weighted by Gasteiger charge is 2.32. The third-order valence-electron chi connectivity index (χ3n) is 5.12. The molecule has 0 spiro atoms. The molecule has 0 radical (unpaired) electrons. The quantitative estimate of drug-likeness (QED) is 0.790. The van der Waals surface area contributed by atoms with Crippen LogP contribution in [0.15, 0.2) is 18.2 Å². The van der Waals surface area contributed by atoms with E-state index in [1.165, 1.54) is 0 Å². The van der Waals surface area contributed by atoms with Crippen molar-refractivity contribution in [3.63, 3.8) is 0 Å². The summed E-state index contributed by atoms with van der Waals surface area (Å²) < 4.78 is 0. The van der Waals surface area contributed by atoms with Crippen molar-refractivity contribution in [1.29, 1.82) is 0 Å². The maximum Gasteiger partial charge on any atom is 0.321 e. The fraction of sp³-hybridized carbons (Fsp3) is 0.556. The fourth-order valence-electron chi connectivity index (χ4n) is 3.81. The van der Waals surface area contributed by atoms with E-state index < -0.39 is 0 Å². The van der Waals surface area contributed by atoms with Gasteiger partial charge in [-0.25, -0.2) is 4.79 Å². The number of carbonyl (C=O) groups excluding carboxylic acids is 2. The number of fused-ring (bicyclic) bond motifs is 1. The first-order chi connectivity index (χ1) is 11.6. The molecule has 4 N–H and O–H groups in total. The largest absolute Gasteiger partial charge is 0.338 e. The topological polar surface area (TPSA) is 87.5 Å². The molecular formula is C18H26N4O2. The first-order valence-electron chi connectivity index (χ1n) is 8.83. The highest BCUT2D eigenvalue weighted by atomic mass is 16.2. The van der Waals surface area contributed by atoms with Gasteiger partial charge in [0.2, 0.25) is 5.91 Å². The third-order valence-corrected chi connectivity index (χ3v) is 5.12.